The van der Waals surface area contributed by atoms with Gasteiger partial charge in [-0.25, -0.2) is 9.97 Å². The molecular weight excluding hydrogens is 386 g/mol. The number of H-pyrrole nitrogens is 1. The zero-order chi connectivity index (χ0) is 21.4. The Kier molecular flexibility index (Phi) is 5.18. The van der Waals surface area contributed by atoms with E-state index in [-0.39, 0.29) is 0 Å². The summed E-state index contributed by atoms with van der Waals surface area (Å²) in [6, 6.07) is 8.94. The predicted octanol–water partition coefficient (Wildman–Crippen LogP) is 4.60. The molecule has 0 spiro atoms. The van der Waals surface area contributed by atoms with Crippen LogP contribution in [0.25, 0.3) is 28.1 Å². The minimum Gasteiger partial charge on any atom is -0.380 e. The van der Waals surface area contributed by atoms with Gasteiger partial charge in [-0.3, -0.25) is 0 Å². The molecule has 1 atom stereocenters. The largest absolute Gasteiger partial charge is 0.380 e. The highest BCUT2D eigenvalue weighted by Crippen LogP contribution is 2.34. The van der Waals surface area contributed by atoms with Gasteiger partial charge in [-0.2, -0.15) is 0 Å². The van der Waals surface area contributed by atoms with Crippen molar-refractivity contribution in [1.82, 2.24) is 20.3 Å². The zero-order valence-electron chi connectivity index (χ0n) is 18.4. The van der Waals surface area contributed by atoms with E-state index in [2.05, 4.69) is 64.9 Å². The molecule has 0 saturated carbocycles. The summed E-state index contributed by atoms with van der Waals surface area (Å²) in [6.07, 6.45) is 7.18. The van der Waals surface area contributed by atoms with Crippen LogP contribution in [-0.4, -0.2) is 47.3 Å². The molecule has 6 heteroatoms. The monoisotopic (exact) mass is 417 g/mol. The van der Waals surface area contributed by atoms with Crippen molar-refractivity contribution in [3.63, 3.8) is 0 Å². The van der Waals surface area contributed by atoms with Gasteiger partial charge in [0.05, 0.1) is 18.5 Å². The van der Waals surface area contributed by atoms with Crippen molar-refractivity contribution < 1.29 is 4.74 Å². The lowest BCUT2D eigenvalue weighted by atomic mass is 9.93. The molecule has 4 heterocycles. The van der Waals surface area contributed by atoms with Gasteiger partial charge in [0.2, 0.25) is 0 Å². The second-order valence-electron chi connectivity index (χ2n) is 9.58. The molecule has 0 bridgehead atoms. The van der Waals surface area contributed by atoms with Gasteiger partial charge in [-0.15, -0.1) is 0 Å². The van der Waals surface area contributed by atoms with Crippen LogP contribution in [-0.2, 0) is 4.74 Å². The smallest absolute Gasteiger partial charge is 0.156 e. The molecular formula is C25H31N5O. The Morgan fingerprint density at radius 3 is 3.03 bits per heavy atom. The fraction of sp³-hybridized carbons (Fsp3) is 0.440. The molecule has 0 radical (unpaired) electrons. The van der Waals surface area contributed by atoms with Crippen molar-refractivity contribution in [2.24, 2.45) is 5.41 Å². The fourth-order valence-electron chi connectivity index (χ4n) is 4.63. The van der Waals surface area contributed by atoms with Gasteiger partial charge >= 0.3 is 0 Å². The Labute approximate surface area is 183 Å². The molecule has 2 saturated heterocycles. The third kappa shape index (κ3) is 4.17. The number of nitrogens with zero attached hydrogens (tertiary/aromatic N) is 3. The summed E-state index contributed by atoms with van der Waals surface area (Å²) in [5, 5.41) is 3.51. The molecule has 0 amide bonds. The first-order chi connectivity index (χ1) is 15.0. The number of aromatic amines is 1. The highest BCUT2D eigenvalue weighted by Gasteiger charge is 2.29. The van der Waals surface area contributed by atoms with Crippen LogP contribution in [0.1, 0.15) is 38.7 Å². The molecule has 1 aromatic carbocycles. The second-order valence-corrected chi connectivity index (χ2v) is 9.58. The van der Waals surface area contributed by atoms with E-state index in [1.54, 1.807) is 0 Å². The van der Waals surface area contributed by atoms with Crippen LogP contribution in [0.2, 0.25) is 0 Å². The lowest BCUT2D eigenvalue weighted by Gasteiger charge is -2.24. The van der Waals surface area contributed by atoms with Crippen LogP contribution in [0.4, 0.5) is 5.69 Å². The number of rotatable bonds is 5. The molecule has 5 rings (SSSR count). The van der Waals surface area contributed by atoms with E-state index in [9.17, 15) is 0 Å². The summed E-state index contributed by atoms with van der Waals surface area (Å²) >= 11 is 0. The van der Waals surface area contributed by atoms with E-state index < -0.39 is 0 Å². The molecule has 3 aromatic rings. The summed E-state index contributed by atoms with van der Waals surface area (Å²) < 4.78 is 5.59. The topological polar surface area (TPSA) is 66.1 Å². The van der Waals surface area contributed by atoms with Crippen LogP contribution in [0.3, 0.4) is 0 Å². The van der Waals surface area contributed by atoms with Crippen LogP contribution in [0.15, 0.2) is 43.2 Å². The quantitative estimate of drug-likeness (QED) is 0.635. The number of ether oxygens (including phenoxy) is 1. The molecule has 6 nitrogen and oxygen atoms in total. The molecule has 1 unspecified atom stereocenters. The third-order valence-electron chi connectivity index (χ3n) is 6.43. The number of nitrogens with one attached hydrogen (secondary N) is 2. The summed E-state index contributed by atoms with van der Waals surface area (Å²) in [4.78, 5) is 15.3. The molecule has 2 fully saturated rings. The minimum atomic E-state index is 0.295. The normalized spacial score (nSPS) is 20.8. The Balaban J connectivity index is 1.42. The van der Waals surface area contributed by atoms with E-state index in [1.165, 1.54) is 12.1 Å². The van der Waals surface area contributed by atoms with Crippen molar-refractivity contribution in [3.05, 3.63) is 48.8 Å². The summed E-state index contributed by atoms with van der Waals surface area (Å²) in [7, 11) is 0. The molecule has 2 aromatic heterocycles. The average Bonchev–Trinajstić information content (AvgIpc) is 3.37. The average molecular weight is 418 g/mol. The standard InChI is InChI=1S/C25H31N5O/c1-17(28-19-7-5-11-31-15-19)21-13-26-24-23(21)29-22(14-27-24)18-6-4-8-20(12-18)30-10-9-25(2,3)16-30/h4,6,8,12-14,19,28H,1,5,7,9-11,15-16H2,2-3H3,(H,26,27). The van der Waals surface area contributed by atoms with Gasteiger partial charge < -0.3 is 19.9 Å². The Morgan fingerprint density at radius 2 is 2.26 bits per heavy atom. The maximum absolute atomic E-state index is 5.59. The van der Waals surface area contributed by atoms with Gasteiger partial charge in [0.15, 0.2) is 5.65 Å². The first kappa shape index (κ1) is 20.1. The van der Waals surface area contributed by atoms with Crippen molar-refractivity contribution in [1.29, 1.82) is 0 Å². The van der Waals surface area contributed by atoms with Gasteiger partial charge in [-0.1, -0.05) is 32.6 Å². The summed E-state index contributed by atoms with van der Waals surface area (Å²) in [5.74, 6) is 0. The highest BCUT2D eigenvalue weighted by atomic mass is 16.5. The minimum absolute atomic E-state index is 0.295. The SMILES string of the molecule is C=C(NC1CCCOC1)c1c[nH]c2ncc(-c3cccc(N4CCC(C)(C)C4)c3)nc12. The van der Waals surface area contributed by atoms with Crippen molar-refractivity contribution >= 4 is 22.5 Å². The Hall–Kier alpha value is -2.86. The van der Waals surface area contributed by atoms with Gasteiger partial charge in [0.1, 0.15) is 5.52 Å². The Morgan fingerprint density at radius 1 is 1.35 bits per heavy atom. The van der Waals surface area contributed by atoms with Crippen LogP contribution in [0, 0.1) is 5.41 Å². The number of hydrogen-bond acceptors (Lipinski definition) is 5. The molecule has 2 aliphatic rings. The van der Waals surface area contributed by atoms with Crippen LogP contribution < -0.4 is 10.2 Å². The summed E-state index contributed by atoms with van der Waals surface area (Å²) in [6.45, 7) is 12.7. The first-order valence-electron chi connectivity index (χ1n) is 11.2. The van der Waals surface area contributed by atoms with E-state index >= 15 is 0 Å². The van der Waals surface area contributed by atoms with Crippen molar-refractivity contribution in [2.45, 2.75) is 39.2 Å². The van der Waals surface area contributed by atoms with Crippen molar-refractivity contribution in [2.75, 3.05) is 31.2 Å². The maximum Gasteiger partial charge on any atom is 0.156 e. The molecule has 31 heavy (non-hydrogen) atoms. The highest BCUT2D eigenvalue weighted by molar-refractivity contribution is 5.87. The molecule has 162 valence electrons. The first-order valence-corrected chi connectivity index (χ1v) is 11.2. The number of fused-ring (bicyclic) bond motifs is 1. The number of aromatic nitrogens is 3. The number of benzene rings is 1. The third-order valence-corrected chi connectivity index (χ3v) is 6.43. The molecule has 2 N–H and O–H groups in total. The maximum atomic E-state index is 5.59. The van der Waals surface area contributed by atoms with Gasteiger partial charge in [0, 0.05) is 54.4 Å². The van der Waals surface area contributed by atoms with E-state index in [4.69, 9.17) is 9.72 Å². The van der Waals surface area contributed by atoms with E-state index in [0.29, 0.717) is 11.5 Å². The molecule has 0 aliphatic carbocycles. The van der Waals surface area contributed by atoms with Gasteiger partial charge in [0.25, 0.3) is 0 Å². The number of hydrogen-bond donors (Lipinski definition) is 2. The van der Waals surface area contributed by atoms with Crippen molar-refractivity contribution in [3.8, 4) is 11.3 Å². The Bertz CT molecular complexity index is 1100. The fourth-order valence-corrected chi connectivity index (χ4v) is 4.63. The predicted molar refractivity (Wildman–Crippen MR) is 126 cm³/mol. The van der Waals surface area contributed by atoms with E-state index in [0.717, 1.165) is 72.8 Å². The molecule has 2 aliphatic heterocycles. The lowest BCUT2D eigenvalue weighted by Crippen LogP contribution is -2.35. The number of anilines is 1. The van der Waals surface area contributed by atoms with Crippen LogP contribution in [0.5, 0.6) is 0 Å². The second kappa shape index (κ2) is 8.00. The summed E-state index contributed by atoms with van der Waals surface area (Å²) in [5.41, 5.74) is 7.03. The van der Waals surface area contributed by atoms with E-state index in [1.807, 2.05) is 12.4 Å². The lowest BCUT2D eigenvalue weighted by molar-refractivity contribution is 0.0756. The van der Waals surface area contributed by atoms with Gasteiger partial charge in [-0.05, 0) is 36.8 Å². The van der Waals surface area contributed by atoms with Crippen LogP contribution >= 0.6 is 0 Å². The zero-order valence-corrected chi connectivity index (χ0v) is 18.4.